The van der Waals surface area contributed by atoms with Gasteiger partial charge in [0.05, 0.1) is 12.2 Å². The number of anilines is 3. The Morgan fingerprint density at radius 3 is 1.46 bits per heavy atom. The van der Waals surface area contributed by atoms with Gasteiger partial charge in [-0.25, -0.2) is 4.79 Å². The summed E-state index contributed by atoms with van der Waals surface area (Å²) in [5, 5.41) is 0. The summed E-state index contributed by atoms with van der Waals surface area (Å²) in [5.41, 5.74) is 9.56. The van der Waals surface area contributed by atoms with Gasteiger partial charge in [-0.05, 0) is 85.0 Å². The lowest BCUT2D eigenvalue weighted by atomic mass is 9.79. The summed E-state index contributed by atoms with van der Waals surface area (Å²) >= 11 is 0. The maximum Gasteiger partial charge on any atom is 0.338 e. The number of esters is 1. The molecule has 0 aliphatic heterocycles. The normalized spacial score (nSPS) is 10.9. The van der Waals surface area contributed by atoms with Gasteiger partial charge in [0.1, 0.15) is 0 Å². The minimum absolute atomic E-state index is 0.113. The van der Waals surface area contributed by atoms with Crippen LogP contribution in [-0.2, 0) is 4.74 Å². The number of carbonyl (C=O) groups is 1. The Bertz CT molecular complexity index is 1140. The van der Waals surface area contributed by atoms with Crippen molar-refractivity contribution in [2.24, 2.45) is 0 Å². The van der Waals surface area contributed by atoms with Crippen LogP contribution in [0.15, 0.2) is 54.6 Å². The summed E-state index contributed by atoms with van der Waals surface area (Å²) in [4.78, 5) is 19.4. The van der Waals surface area contributed by atoms with Crippen molar-refractivity contribution in [3.05, 3.63) is 88.0 Å². The zero-order valence-corrected chi connectivity index (χ0v) is 22.6. The Morgan fingerprint density at radius 2 is 1.09 bits per heavy atom. The van der Waals surface area contributed by atoms with Crippen LogP contribution in [0.3, 0.4) is 0 Å². The van der Waals surface area contributed by atoms with Crippen molar-refractivity contribution >= 4 is 23.0 Å². The maximum atomic E-state index is 13.2. The molecule has 5 nitrogen and oxygen atoms in total. The van der Waals surface area contributed by atoms with E-state index in [0.717, 1.165) is 22.6 Å². The molecule has 0 atom stereocenters. The molecule has 0 fully saturated rings. The molecule has 3 aromatic carbocycles. The second kappa shape index (κ2) is 10.9. The van der Waals surface area contributed by atoms with Crippen LogP contribution in [0.4, 0.5) is 17.1 Å². The molecule has 0 aliphatic carbocycles. The van der Waals surface area contributed by atoms with E-state index in [1.807, 2.05) is 32.0 Å². The SMILES string of the molecule is CCOC(=O)c1cc(N(C)C)ccc1C(c1ccc(N(C)C)cc1C)c1ccc(N(C)C)cc1C. The molecular formula is C30H39N3O2. The second-order valence-corrected chi connectivity index (χ2v) is 9.69. The van der Waals surface area contributed by atoms with Gasteiger partial charge in [-0.3, -0.25) is 0 Å². The van der Waals surface area contributed by atoms with Crippen LogP contribution in [0.25, 0.3) is 0 Å². The average Bonchev–Trinajstić information content (AvgIpc) is 2.81. The fourth-order valence-electron chi connectivity index (χ4n) is 4.49. The van der Waals surface area contributed by atoms with Gasteiger partial charge in [-0.1, -0.05) is 18.2 Å². The maximum absolute atomic E-state index is 13.2. The van der Waals surface area contributed by atoms with Crippen molar-refractivity contribution in [3.8, 4) is 0 Å². The number of aryl methyl sites for hydroxylation is 2. The zero-order valence-electron chi connectivity index (χ0n) is 22.6. The molecule has 3 rings (SSSR count). The first-order valence-corrected chi connectivity index (χ1v) is 12.1. The summed E-state index contributed by atoms with van der Waals surface area (Å²) < 4.78 is 5.52. The third-order valence-electron chi connectivity index (χ3n) is 6.52. The molecule has 35 heavy (non-hydrogen) atoms. The molecule has 0 spiro atoms. The summed E-state index contributed by atoms with van der Waals surface area (Å²) in [5.74, 6) is -0.403. The standard InChI is InChI=1S/C30H39N3O2/c1-10-35-30(34)28-19-24(33(8)9)13-16-27(28)29(25-14-11-22(31(4)5)17-20(25)2)26-15-12-23(32(6)7)18-21(26)3/h11-19,29H,10H2,1-9H3. The molecule has 3 aromatic rings. The van der Waals surface area contributed by atoms with E-state index in [1.165, 1.54) is 22.3 Å². The minimum atomic E-state index is -0.290. The molecular weight excluding hydrogens is 434 g/mol. The van der Waals surface area contributed by atoms with Crippen molar-refractivity contribution in [3.63, 3.8) is 0 Å². The van der Waals surface area contributed by atoms with Crippen molar-refractivity contribution in [2.45, 2.75) is 26.7 Å². The molecule has 0 amide bonds. The van der Waals surface area contributed by atoms with Crippen molar-refractivity contribution in [2.75, 3.05) is 63.6 Å². The van der Waals surface area contributed by atoms with Crippen LogP contribution < -0.4 is 14.7 Å². The van der Waals surface area contributed by atoms with Crippen LogP contribution in [0.5, 0.6) is 0 Å². The number of benzene rings is 3. The molecule has 5 heteroatoms. The van der Waals surface area contributed by atoms with Gasteiger partial charge in [0.2, 0.25) is 0 Å². The topological polar surface area (TPSA) is 36.0 Å². The number of hydrogen-bond donors (Lipinski definition) is 0. The zero-order chi connectivity index (χ0) is 25.9. The van der Waals surface area contributed by atoms with Crippen LogP contribution in [0.2, 0.25) is 0 Å². The highest BCUT2D eigenvalue weighted by atomic mass is 16.5. The molecule has 0 heterocycles. The molecule has 0 saturated heterocycles. The van der Waals surface area contributed by atoms with E-state index in [-0.39, 0.29) is 11.9 Å². The second-order valence-electron chi connectivity index (χ2n) is 9.69. The predicted molar refractivity (Wildman–Crippen MR) is 149 cm³/mol. The third kappa shape index (κ3) is 5.61. The fourth-order valence-corrected chi connectivity index (χ4v) is 4.49. The lowest BCUT2D eigenvalue weighted by molar-refractivity contribution is 0.0525. The Balaban J connectivity index is 2.32. The summed E-state index contributed by atoms with van der Waals surface area (Å²) in [7, 11) is 12.2. The number of ether oxygens (including phenoxy) is 1. The van der Waals surface area contributed by atoms with Crippen molar-refractivity contribution < 1.29 is 9.53 Å². The molecule has 0 aromatic heterocycles. The van der Waals surface area contributed by atoms with E-state index < -0.39 is 0 Å². The predicted octanol–water partition coefficient (Wildman–Crippen LogP) is 5.86. The first kappa shape index (κ1) is 26.1. The largest absolute Gasteiger partial charge is 0.462 e. The van der Waals surface area contributed by atoms with Gasteiger partial charge < -0.3 is 19.4 Å². The average molecular weight is 474 g/mol. The van der Waals surface area contributed by atoms with E-state index in [1.54, 1.807) is 0 Å². The lowest BCUT2D eigenvalue weighted by Gasteiger charge is -2.27. The number of hydrogen-bond acceptors (Lipinski definition) is 5. The Kier molecular flexibility index (Phi) is 8.11. The van der Waals surface area contributed by atoms with Gasteiger partial charge in [0.25, 0.3) is 0 Å². The van der Waals surface area contributed by atoms with E-state index >= 15 is 0 Å². The summed E-state index contributed by atoms with van der Waals surface area (Å²) in [6.45, 7) is 6.48. The molecule has 0 bridgehead atoms. The highest BCUT2D eigenvalue weighted by Crippen LogP contribution is 2.40. The number of rotatable bonds is 8. The smallest absolute Gasteiger partial charge is 0.338 e. The molecule has 0 saturated carbocycles. The minimum Gasteiger partial charge on any atom is -0.462 e. The lowest BCUT2D eigenvalue weighted by Crippen LogP contribution is -2.17. The van der Waals surface area contributed by atoms with Gasteiger partial charge >= 0.3 is 5.97 Å². The van der Waals surface area contributed by atoms with Gasteiger partial charge in [0, 0.05) is 65.3 Å². The third-order valence-corrected chi connectivity index (χ3v) is 6.52. The highest BCUT2D eigenvalue weighted by Gasteiger charge is 2.27. The highest BCUT2D eigenvalue weighted by molar-refractivity contribution is 5.93. The first-order valence-electron chi connectivity index (χ1n) is 12.1. The van der Waals surface area contributed by atoms with E-state index in [4.69, 9.17) is 4.74 Å². The Hall–Kier alpha value is -3.47. The van der Waals surface area contributed by atoms with Gasteiger partial charge in [-0.2, -0.15) is 0 Å². The van der Waals surface area contributed by atoms with Gasteiger partial charge in [0.15, 0.2) is 0 Å². The Labute approximate surface area is 210 Å². The van der Waals surface area contributed by atoms with Crippen LogP contribution >= 0.6 is 0 Å². The van der Waals surface area contributed by atoms with Crippen LogP contribution in [0, 0.1) is 13.8 Å². The quantitative estimate of drug-likeness (QED) is 0.303. The fraction of sp³-hybridized carbons (Fsp3) is 0.367. The molecule has 0 unspecified atom stereocenters. The van der Waals surface area contributed by atoms with E-state index in [9.17, 15) is 4.79 Å². The van der Waals surface area contributed by atoms with Crippen LogP contribution in [0.1, 0.15) is 51.0 Å². The van der Waals surface area contributed by atoms with Crippen molar-refractivity contribution in [1.82, 2.24) is 0 Å². The summed E-state index contributed by atoms with van der Waals surface area (Å²) in [6, 6.07) is 19.2. The molecule has 0 radical (unpaired) electrons. The van der Waals surface area contributed by atoms with E-state index in [0.29, 0.717) is 12.2 Å². The molecule has 186 valence electrons. The van der Waals surface area contributed by atoms with Gasteiger partial charge in [-0.15, -0.1) is 0 Å². The van der Waals surface area contributed by atoms with Crippen molar-refractivity contribution in [1.29, 1.82) is 0 Å². The van der Waals surface area contributed by atoms with E-state index in [2.05, 4.69) is 100 Å². The Morgan fingerprint density at radius 1 is 0.686 bits per heavy atom. The van der Waals surface area contributed by atoms with Crippen LogP contribution in [-0.4, -0.2) is 54.9 Å². The monoisotopic (exact) mass is 473 g/mol. The number of carbonyl (C=O) groups excluding carboxylic acids is 1. The number of nitrogens with zero attached hydrogens (tertiary/aromatic N) is 3. The molecule has 0 N–H and O–H groups in total. The first-order chi connectivity index (χ1) is 16.5. The molecule has 0 aliphatic rings. The summed E-state index contributed by atoms with van der Waals surface area (Å²) in [6.07, 6.45) is 0.